The molecule has 9 heteroatoms. The summed E-state index contributed by atoms with van der Waals surface area (Å²) < 4.78 is 26.0. The quantitative estimate of drug-likeness (QED) is 0.705. The van der Waals surface area contributed by atoms with E-state index in [1.165, 1.54) is 13.2 Å². The minimum atomic E-state index is -0.607. The molecule has 0 spiro atoms. The fourth-order valence-corrected chi connectivity index (χ4v) is 3.95. The number of hydrogen-bond donors (Lipinski definition) is 2. The van der Waals surface area contributed by atoms with E-state index in [1.807, 2.05) is 20.8 Å². The molecule has 170 valence electrons. The highest BCUT2D eigenvalue weighted by Gasteiger charge is 2.31. The first-order valence-electron chi connectivity index (χ1n) is 10.5. The molecule has 31 heavy (non-hydrogen) atoms. The number of piperidine rings is 2. The maximum Gasteiger partial charge on any atom is 0.410 e. The Morgan fingerprint density at radius 3 is 2.45 bits per heavy atom. The van der Waals surface area contributed by atoms with E-state index >= 15 is 4.39 Å². The highest BCUT2D eigenvalue weighted by atomic mass is 19.1. The largest absolute Gasteiger partial charge is 0.496 e. The number of methoxy groups -OCH3 is 1. The van der Waals surface area contributed by atoms with E-state index in [0.29, 0.717) is 49.4 Å². The SMILES string of the molecule is COc1cc(NC2CCC(=O)NC2=O)cc(F)c1C1CCN(C(=O)OC(C)(C)C)CC1. The average molecular weight is 435 g/mol. The zero-order chi connectivity index (χ0) is 22.8. The number of carbonyl (C=O) groups excluding carboxylic acids is 3. The standard InChI is InChI=1S/C22H30FN3O5/c1-22(2,3)31-21(29)26-9-7-13(8-10-26)19-15(23)11-14(12-17(19)30-4)24-16-5-6-18(27)25-20(16)28/h11-13,16,24H,5-10H2,1-4H3,(H,25,27,28). The van der Waals surface area contributed by atoms with E-state index in [0.717, 1.165) is 0 Å². The summed E-state index contributed by atoms with van der Waals surface area (Å²) in [6, 6.07) is 2.41. The van der Waals surface area contributed by atoms with Crippen LogP contribution in [-0.4, -0.2) is 54.6 Å². The monoisotopic (exact) mass is 435 g/mol. The maximum absolute atomic E-state index is 15.1. The van der Waals surface area contributed by atoms with E-state index < -0.39 is 23.4 Å². The van der Waals surface area contributed by atoms with Crippen molar-refractivity contribution in [2.75, 3.05) is 25.5 Å². The lowest BCUT2D eigenvalue weighted by molar-refractivity contribution is -0.133. The molecular formula is C22H30FN3O5. The molecule has 1 unspecified atom stereocenters. The molecule has 1 aromatic carbocycles. The van der Waals surface area contributed by atoms with Crippen LogP contribution in [0.2, 0.25) is 0 Å². The summed E-state index contributed by atoms with van der Waals surface area (Å²) in [4.78, 5) is 37.2. The smallest absolute Gasteiger partial charge is 0.410 e. The Morgan fingerprint density at radius 2 is 1.87 bits per heavy atom. The molecule has 1 aromatic rings. The van der Waals surface area contributed by atoms with Gasteiger partial charge in [0.05, 0.1) is 7.11 Å². The predicted molar refractivity (Wildman–Crippen MR) is 113 cm³/mol. The zero-order valence-electron chi connectivity index (χ0n) is 18.4. The minimum Gasteiger partial charge on any atom is -0.496 e. The first kappa shape index (κ1) is 22.8. The van der Waals surface area contributed by atoms with Crippen molar-refractivity contribution in [2.24, 2.45) is 0 Å². The van der Waals surface area contributed by atoms with Gasteiger partial charge in [0, 0.05) is 36.8 Å². The van der Waals surface area contributed by atoms with Gasteiger partial charge >= 0.3 is 6.09 Å². The number of anilines is 1. The number of ether oxygens (including phenoxy) is 2. The van der Waals surface area contributed by atoms with Crippen molar-refractivity contribution in [1.82, 2.24) is 10.2 Å². The van der Waals surface area contributed by atoms with E-state index in [-0.39, 0.29) is 24.3 Å². The second-order valence-corrected chi connectivity index (χ2v) is 8.96. The van der Waals surface area contributed by atoms with Crippen LogP contribution in [0.4, 0.5) is 14.9 Å². The minimum absolute atomic E-state index is 0.0988. The van der Waals surface area contributed by atoms with Crippen molar-refractivity contribution >= 4 is 23.6 Å². The third kappa shape index (κ3) is 5.65. The lowest BCUT2D eigenvalue weighted by Gasteiger charge is -2.34. The molecule has 3 amide bonds. The van der Waals surface area contributed by atoms with Gasteiger partial charge in [0.15, 0.2) is 0 Å². The molecule has 2 heterocycles. The summed E-state index contributed by atoms with van der Waals surface area (Å²) in [6.07, 6.45) is 1.40. The molecule has 0 aliphatic carbocycles. The number of nitrogens with one attached hydrogen (secondary N) is 2. The number of carbonyl (C=O) groups is 3. The van der Waals surface area contributed by atoms with Crippen LogP contribution >= 0.6 is 0 Å². The van der Waals surface area contributed by atoms with Crippen molar-refractivity contribution in [3.63, 3.8) is 0 Å². The van der Waals surface area contributed by atoms with Gasteiger partial charge in [-0.2, -0.15) is 0 Å². The van der Waals surface area contributed by atoms with Gasteiger partial charge in [-0.3, -0.25) is 14.9 Å². The van der Waals surface area contributed by atoms with Crippen LogP contribution in [0.3, 0.4) is 0 Å². The van der Waals surface area contributed by atoms with Gasteiger partial charge in [-0.25, -0.2) is 9.18 Å². The van der Waals surface area contributed by atoms with Crippen LogP contribution in [-0.2, 0) is 14.3 Å². The molecule has 2 saturated heterocycles. The number of nitrogens with zero attached hydrogens (tertiary/aromatic N) is 1. The van der Waals surface area contributed by atoms with Crippen LogP contribution in [0.1, 0.15) is 57.9 Å². The van der Waals surface area contributed by atoms with Gasteiger partial charge in [-0.05, 0) is 52.0 Å². The molecule has 2 N–H and O–H groups in total. The molecule has 0 aromatic heterocycles. The molecule has 2 aliphatic heterocycles. The van der Waals surface area contributed by atoms with Crippen LogP contribution < -0.4 is 15.4 Å². The fourth-order valence-electron chi connectivity index (χ4n) is 3.95. The van der Waals surface area contributed by atoms with Gasteiger partial charge in [0.2, 0.25) is 11.8 Å². The summed E-state index contributed by atoms with van der Waals surface area (Å²) in [5.74, 6) is -0.859. The highest BCUT2D eigenvalue weighted by molar-refractivity contribution is 6.01. The average Bonchev–Trinajstić information content (AvgIpc) is 2.68. The van der Waals surface area contributed by atoms with Gasteiger partial charge < -0.3 is 19.7 Å². The number of benzene rings is 1. The maximum atomic E-state index is 15.1. The van der Waals surface area contributed by atoms with Crippen molar-refractivity contribution < 1.29 is 28.2 Å². The lowest BCUT2D eigenvalue weighted by atomic mass is 9.88. The number of hydrogen-bond acceptors (Lipinski definition) is 6. The Labute approximate surface area is 181 Å². The van der Waals surface area contributed by atoms with Gasteiger partial charge in [-0.15, -0.1) is 0 Å². The number of rotatable bonds is 4. The normalized spacial score (nSPS) is 20.3. The number of imide groups is 1. The number of likely N-dealkylation sites (tertiary alicyclic amines) is 1. The van der Waals surface area contributed by atoms with Crippen molar-refractivity contribution in [3.05, 3.63) is 23.5 Å². The van der Waals surface area contributed by atoms with Crippen LogP contribution in [0.25, 0.3) is 0 Å². The van der Waals surface area contributed by atoms with Crippen LogP contribution in [0, 0.1) is 5.82 Å². The third-order valence-electron chi connectivity index (χ3n) is 5.45. The number of halogens is 1. The first-order valence-corrected chi connectivity index (χ1v) is 10.5. The summed E-state index contributed by atoms with van der Waals surface area (Å²) in [5, 5.41) is 5.26. The van der Waals surface area contributed by atoms with Crippen molar-refractivity contribution in [2.45, 2.75) is 64.0 Å². The molecule has 2 fully saturated rings. The Balaban J connectivity index is 1.69. The van der Waals surface area contributed by atoms with Crippen LogP contribution in [0.15, 0.2) is 12.1 Å². The number of amides is 3. The Kier molecular flexibility index (Phi) is 6.71. The Bertz CT molecular complexity index is 859. The van der Waals surface area contributed by atoms with E-state index in [9.17, 15) is 14.4 Å². The van der Waals surface area contributed by atoms with Gasteiger partial charge in [-0.1, -0.05) is 0 Å². The summed E-state index contributed by atoms with van der Waals surface area (Å²) in [5.41, 5.74) is 0.327. The molecular weight excluding hydrogens is 405 g/mol. The molecule has 2 aliphatic rings. The molecule has 8 nitrogen and oxygen atoms in total. The Hall–Kier alpha value is -2.84. The van der Waals surface area contributed by atoms with Crippen LogP contribution in [0.5, 0.6) is 5.75 Å². The molecule has 1 atom stereocenters. The lowest BCUT2D eigenvalue weighted by Crippen LogP contribution is -2.47. The van der Waals surface area contributed by atoms with E-state index in [1.54, 1.807) is 11.0 Å². The van der Waals surface area contributed by atoms with E-state index in [4.69, 9.17) is 9.47 Å². The van der Waals surface area contributed by atoms with Gasteiger partial charge in [0.25, 0.3) is 0 Å². The third-order valence-corrected chi connectivity index (χ3v) is 5.45. The van der Waals surface area contributed by atoms with E-state index in [2.05, 4.69) is 10.6 Å². The Morgan fingerprint density at radius 1 is 1.19 bits per heavy atom. The van der Waals surface area contributed by atoms with Gasteiger partial charge in [0.1, 0.15) is 23.2 Å². The first-order chi connectivity index (χ1) is 14.6. The molecule has 3 rings (SSSR count). The summed E-state index contributed by atoms with van der Waals surface area (Å²) >= 11 is 0. The molecule has 0 radical (unpaired) electrons. The highest BCUT2D eigenvalue weighted by Crippen LogP contribution is 2.38. The topological polar surface area (TPSA) is 97.0 Å². The van der Waals surface area contributed by atoms with Crippen molar-refractivity contribution in [1.29, 1.82) is 0 Å². The zero-order valence-corrected chi connectivity index (χ0v) is 18.4. The second kappa shape index (κ2) is 9.11. The fraction of sp³-hybridized carbons (Fsp3) is 0.591. The summed E-state index contributed by atoms with van der Waals surface area (Å²) in [7, 11) is 1.48. The van der Waals surface area contributed by atoms with Crippen molar-refractivity contribution in [3.8, 4) is 5.75 Å². The molecule has 0 saturated carbocycles. The predicted octanol–water partition coefficient (Wildman–Crippen LogP) is 3.17. The summed E-state index contributed by atoms with van der Waals surface area (Å²) in [6.45, 7) is 6.41. The molecule has 0 bridgehead atoms. The second-order valence-electron chi connectivity index (χ2n) is 8.96.